The van der Waals surface area contributed by atoms with Gasteiger partial charge >= 0.3 is 0 Å². The van der Waals surface area contributed by atoms with Crippen molar-refractivity contribution >= 4 is 11.7 Å². The molecule has 1 unspecified atom stereocenters. The Kier molecular flexibility index (Phi) is 5.67. The van der Waals surface area contributed by atoms with E-state index in [1.807, 2.05) is 19.1 Å². The first-order valence-electron chi connectivity index (χ1n) is 10.5. The molecule has 0 spiro atoms. The maximum Gasteiger partial charge on any atom is 0.251 e. The molecule has 0 bridgehead atoms. The highest BCUT2D eigenvalue weighted by Crippen LogP contribution is 2.23. The van der Waals surface area contributed by atoms with E-state index in [1.54, 1.807) is 0 Å². The Morgan fingerprint density at radius 3 is 2.79 bits per heavy atom. The lowest BCUT2D eigenvalue weighted by Gasteiger charge is -2.29. The quantitative estimate of drug-likeness (QED) is 0.836. The number of rotatable bonds is 6. The van der Waals surface area contributed by atoms with Gasteiger partial charge in [-0.15, -0.1) is 0 Å². The van der Waals surface area contributed by atoms with Crippen LogP contribution in [0.1, 0.15) is 47.8 Å². The van der Waals surface area contributed by atoms with E-state index < -0.39 is 0 Å². The Hall–Kier alpha value is -2.34. The molecule has 150 valence electrons. The van der Waals surface area contributed by atoms with Crippen molar-refractivity contribution in [3.05, 3.63) is 47.2 Å². The average Bonchev–Trinajstić information content (AvgIpc) is 3.32. The summed E-state index contributed by atoms with van der Waals surface area (Å²) in [5, 5.41) is 7.68. The van der Waals surface area contributed by atoms with Crippen LogP contribution >= 0.6 is 0 Å². The predicted molar refractivity (Wildman–Crippen MR) is 112 cm³/mol. The first kappa shape index (κ1) is 19.0. The molecular weight excluding hydrogens is 350 g/mol. The molecule has 2 aliphatic heterocycles. The van der Waals surface area contributed by atoms with Gasteiger partial charge in [-0.2, -0.15) is 5.10 Å². The summed E-state index contributed by atoms with van der Waals surface area (Å²) in [7, 11) is 0. The summed E-state index contributed by atoms with van der Waals surface area (Å²) < 4.78 is 2.10. The van der Waals surface area contributed by atoms with E-state index in [2.05, 4.69) is 50.0 Å². The lowest BCUT2D eigenvalue weighted by atomic mass is 10.1. The molecule has 0 radical (unpaired) electrons. The molecule has 4 rings (SSSR count). The van der Waals surface area contributed by atoms with Gasteiger partial charge in [0.1, 0.15) is 5.82 Å². The lowest BCUT2D eigenvalue weighted by molar-refractivity contribution is 0.0941. The molecule has 0 aliphatic carbocycles. The molecule has 1 fully saturated rings. The van der Waals surface area contributed by atoms with Gasteiger partial charge in [-0.3, -0.25) is 9.69 Å². The number of carbonyl (C=O) groups is 1. The number of anilines is 1. The van der Waals surface area contributed by atoms with E-state index in [0.717, 1.165) is 56.9 Å². The Labute approximate surface area is 167 Å². The third-order valence-electron chi connectivity index (χ3n) is 6.00. The summed E-state index contributed by atoms with van der Waals surface area (Å²) in [6.07, 6.45) is 3.53. The Morgan fingerprint density at radius 1 is 1.18 bits per heavy atom. The van der Waals surface area contributed by atoms with Gasteiger partial charge in [-0.1, -0.05) is 19.1 Å². The van der Waals surface area contributed by atoms with Crippen LogP contribution < -0.4 is 10.2 Å². The van der Waals surface area contributed by atoms with Gasteiger partial charge in [0.2, 0.25) is 0 Å². The highest BCUT2D eigenvalue weighted by atomic mass is 16.1. The first-order valence-corrected chi connectivity index (χ1v) is 10.5. The van der Waals surface area contributed by atoms with Crippen molar-refractivity contribution in [3.8, 4) is 0 Å². The largest absolute Gasteiger partial charge is 0.352 e. The van der Waals surface area contributed by atoms with Gasteiger partial charge in [-0.25, -0.2) is 4.68 Å². The number of fused-ring (bicyclic) bond motifs is 1. The number of amides is 1. The molecule has 0 saturated carbocycles. The molecule has 1 saturated heterocycles. The number of benzene rings is 1. The number of hydrogen-bond acceptors (Lipinski definition) is 4. The van der Waals surface area contributed by atoms with Crippen LogP contribution in [0.5, 0.6) is 0 Å². The summed E-state index contributed by atoms with van der Waals surface area (Å²) in [5.41, 5.74) is 3.03. The maximum atomic E-state index is 12.5. The number of aromatic nitrogens is 2. The first-order chi connectivity index (χ1) is 13.6. The summed E-state index contributed by atoms with van der Waals surface area (Å²) in [5.74, 6) is 1.23. The Balaban J connectivity index is 1.34. The number of likely N-dealkylation sites (N-methyl/N-ethyl adjacent to an activating group) is 1. The van der Waals surface area contributed by atoms with Crippen molar-refractivity contribution < 1.29 is 4.79 Å². The smallest absolute Gasteiger partial charge is 0.251 e. The van der Waals surface area contributed by atoms with Gasteiger partial charge in [0.05, 0.1) is 5.69 Å². The fourth-order valence-corrected chi connectivity index (χ4v) is 4.47. The molecule has 1 amide bonds. The molecule has 1 N–H and O–H groups in total. The van der Waals surface area contributed by atoms with Gasteiger partial charge in [0, 0.05) is 43.9 Å². The summed E-state index contributed by atoms with van der Waals surface area (Å²) in [6.45, 7) is 10.1. The second-order valence-corrected chi connectivity index (χ2v) is 7.97. The molecule has 6 heteroatoms. The Morgan fingerprint density at radius 2 is 2.00 bits per heavy atom. The van der Waals surface area contributed by atoms with E-state index in [0.29, 0.717) is 6.04 Å². The Bertz CT molecular complexity index is 813. The molecule has 1 aromatic heterocycles. The van der Waals surface area contributed by atoms with Crippen molar-refractivity contribution in [1.29, 1.82) is 0 Å². The second-order valence-electron chi connectivity index (χ2n) is 7.97. The summed E-state index contributed by atoms with van der Waals surface area (Å²) >= 11 is 0. The predicted octanol–water partition coefficient (Wildman–Crippen LogP) is 2.82. The number of hydrogen-bond donors (Lipinski definition) is 1. The van der Waals surface area contributed by atoms with Crippen LogP contribution in [0.15, 0.2) is 30.3 Å². The van der Waals surface area contributed by atoms with E-state index in [4.69, 9.17) is 0 Å². The fraction of sp³-hybridized carbons (Fsp3) is 0.545. The molecule has 2 aliphatic rings. The molecule has 1 atom stereocenters. The van der Waals surface area contributed by atoms with Crippen LogP contribution in [0.2, 0.25) is 0 Å². The molecule has 3 heterocycles. The van der Waals surface area contributed by atoms with Gasteiger partial charge in [-0.05, 0) is 57.0 Å². The van der Waals surface area contributed by atoms with Crippen molar-refractivity contribution in [2.45, 2.75) is 52.2 Å². The normalized spacial score (nSPS) is 19.6. The fourth-order valence-electron chi connectivity index (χ4n) is 4.47. The van der Waals surface area contributed by atoms with Crippen LogP contribution in [-0.2, 0) is 13.1 Å². The van der Waals surface area contributed by atoms with Crippen molar-refractivity contribution in [3.63, 3.8) is 0 Å². The van der Waals surface area contributed by atoms with Gasteiger partial charge in [0.15, 0.2) is 0 Å². The van der Waals surface area contributed by atoms with Crippen LogP contribution in [-0.4, -0.2) is 52.8 Å². The molecular formula is C22H31N5O. The third kappa shape index (κ3) is 4.07. The monoisotopic (exact) mass is 381 g/mol. The van der Waals surface area contributed by atoms with Gasteiger partial charge in [0.25, 0.3) is 5.91 Å². The van der Waals surface area contributed by atoms with Crippen molar-refractivity contribution in [1.82, 2.24) is 20.0 Å². The molecule has 2 aromatic rings. The molecule has 6 nitrogen and oxygen atoms in total. The zero-order valence-corrected chi connectivity index (χ0v) is 17.0. The van der Waals surface area contributed by atoms with E-state index in [1.165, 1.54) is 24.2 Å². The SMILES string of the molecule is CCN1CCCC1CNC(=O)c1ccc(CN2CCCn3nc(C)cc32)cc1. The second kappa shape index (κ2) is 8.35. The maximum absolute atomic E-state index is 12.5. The zero-order valence-electron chi connectivity index (χ0n) is 17.0. The summed E-state index contributed by atoms with van der Waals surface area (Å²) in [4.78, 5) is 17.3. The van der Waals surface area contributed by atoms with E-state index >= 15 is 0 Å². The number of aryl methyl sites for hydroxylation is 2. The molecule has 1 aromatic carbocycles. The number of carbonyl (C=O) groups excluding carboxylic acids is 1. The lowest BCUT2D eigenvalue weighted by Crippen LogP contribution is -2.40. The zero-order chi connectivity index (χ0) is 19.5. The minimum absolute atomic E-state index is 0.0289. The average molecular weight is 382 g/mol. The standard InChI is InChI=1S/C22H31N5O/c1-3-25-11-4-6-20(25)15-23-22(28)19-9-7-18(8-10-19)16-26-12-5-13-27-21(26)14-17(2)24-27/h7-10,14,20H,3-6,11-13,15-16H2,1-2H3,(H,23,28). The minimum Gasteiger partial charge on any atom is -0.352 e. The van der Waals surface area contributed by atoms with Crippen molar-refractivity contribution in [2.75, 3.05) is 31.1 Å². The van der Waals surface area contributed by atoms with Crippen molar-refractivity contribution in [2.24, 2.45) is 0 Å². The van der Waals surface area contributed by atoms with E-state index in [-0.39, 0.29) is 5.91 Å². The number of nitrogens with zero attached hydrogens (tertiary/aromatic N) is 4. The molecule has 28 heavy (non-hydrogen) atoms. The highest BCUT2D eigenvalue weighted by Gasteiger charge is 2.23. The third-order valence-corrected chi connectivity index (χ3v) is 6.00. The van der Waals surface area contributed by atoms with Crippen LogP contribution in [0.25, 0.3) is 0 Å². The minimum atomic E-state index is 0.0289. The summed E-state index contributed by atoms with van der Waals surface area (Å²) in [6, 6.07) is 10.7. The topological polar surface area (TPSA) is 53.4 Å². The number of likely N-dealkylation sites (tertiary alicyclic amines) is 1. The van der Waals surface area contributed by atoms with E-state index in [9.17, 15) is 4.79 Å². The number of nitrogens with one attached hydrogen (secondary N) is 1. The van der Waals surface area contributed by atoms with Crippen LogP contribution in [0.3, 0.4) is 0 Å². The van der Waals surface area contributed by atoms with Crippen LogP contribution in [0, 0.1) is 6.92 Å². The van der Waals surface area contributed by atoms with Crippen LogP contribution in [0.4, 0.5) is 5.82 Å². The highest BCUT2D eigenvalue weighted by molar-refractivity contribution is 5.94. The van der Waals surface area contributed by atoms with Gasteiger partial charge < -0.3 is 10.2 Å².